The summed E-state index contributed by atoms with van der Waals surface area (Å²) in [5.74, 6) is -0.588. The van der Waals surface area contributed by atoms with Gasteiger partial charge in [0, 0.05) is 12.5 Å². The second kappa shape index (κ2) is 6.96. The Morgan fingerprint density at radius 2 is 2.26 bits per heavy atom. The summed E-state index contributed by atoms with van der Waals surface area (Å²) in [7, 11) is 1.19. The number of nitrogens with zero attached hydrogens (tertiary/aromatic N) is 2. The minimum Gasteiger partial charge on any atom is -0.487 e. The molecule has 0 amide bonds. The topological polar surface area (TPSA) is 102 Å². The molecule has 100 valence electrons. The van der Waals surface area contributed by atoms with E-state index in [1.54, 1.807) is 0 Å². The number of benzene rings is 1. The first kappa shape index (κ1) is 14.4. The van der Waals surface area contributed by atoms with Gasteiger partial charge in [-0.1, -0.05) is 0 Å². The standard InChI is InChI=1S/C12H12N2O5/c1-18-12(15)9-4-5-11(10(8-9)14(16)17)19-7-3-2-6-13/h4-5,8H,2-3,7H2,1H3. The zero-order valence-electron chi connectivity index (χ0n) is 10.3. The highest BCUT2D eigenvalue weighted by molar-refractivity contribution is 5.90. The van der Waals surface area contributed by atoms with Crippen LogP contribution in [0.3, 0.4) is 0 Å². The van der Waals surface area contributed by atoms with Gasteiger partial charge < -0.3 is 9.47 Å². The van der Waals surface area contributed by atoms with Crippen molar-refractivity contribution < 1.29 is 19.2 Å². The molecule has 0 spiro atoms. The van der Waals surface area contributed by atoms with Crippen LogP contribution in [0.15, 0.2) is 18.2 Å². The number of ether oxygens (including phenoxy) is 2. The molecule has 0 aliphatic heterocycles. The molecule has 0 radical (unpaired) electrons. The predicted molar refractivity (Wildman–Crippen MR) is 64.8 cm³/mol. The zero-order chi connectivity index (χ0) is 14.3. The maximum atomic E-state index is 11.3. The quantitative estimate of drug-likeness (QED) is 0.337. The van der Waals surface area contributed by atoms with E-state index in [-0.39, 0.29) is 23.6 Å². The lowest BCUT2D eigenvalue weighted by atomic mass is 10.2. The zero-order valence-corrected chi connectivity index (χ0v) is 10.3. The van der Waals surface area contributed by atoms with Crippen molar-refractivity contribution in [2.45, 2.75) is 12.8 Å². The van der Waals surface area contributed by atoms with E-state index in [0.717, 1.165) is 6.07 Å². The second-order valence-electron chi connectivity index (χ2n) is 3.54. The molecule has 0 saturated heterocycles. The Bertz CT molecular complexity index is 521. The number of carbonyl (C=O) groups is 1. The van der Waals surface area contributed by atoms with Crippen LogP contribution in [-0.2, 0) is 4.74 Å². The molecule has 0 saturated carbocycles. The summed E-state index contributed by atoms with van der Waals surface area (Å²) in [5.41, 5.74) is -0.224. The minimum absolute atomic E-state index is 0.0654. The van der Waals surface area contributed by atoms with Gasteiger partial charge in [-0.2, -0.15) is 5.26 Å². The van der Waals surface area contributed by atoms with Gasteiger partial charge in [-0.05, 0) is 18.6 Å². The monoisotopic (exact) mass is 264 g/mol. The van der Waals surface area contributed by atoms with Crippen molar-refractivity contribution in [2.75, 3.05) is 13.7 Å². The number of nitriles is 1. The van der Waals surface area contributed by atoms with Crippen LogP contribution in [0, 0.1) is 21.4 Å². The van der Waals surface area contributed by atoms with Gasteiger partial charge in [0.25, 0.3) is 0 Å². The molecule has 0 N–H and O–H groups in total. The molecule has 1 aromatic rings. The number of unbranched alkanes of at least 4 members (excludes halogenated alkanes) is 1. The molecule has 0 heterocycles. The van der Waals surface area contributed by atoms with E-state index in [1.165, 1.54) is 19.2 Å². The first-order chi connectivity index (χ1) is 9.10. The van der Waals surface area contributed by atoms with Gasteiger partial charge in [-0.25, -0.2) is 4.79 Å². The van der Waals surface area contributed by atoms with E-state index in [4.69, 9.17) is 10.00 Å². The Morgan fingerprint density at radius 3 is 2.84 bits per heavy atom. The Morgan fingerprint density at radius 1 is 1.53 bits per heavy atom. The van der Waals surface area contributed by atoms with E-state index in [1.807, 2.05) is 6.07 Å². The number of nitro groups is 1. The molecule has 7 nitrogen and oxygen atoms in total. The lowest BCUT2D eigenvalue weighted by Gasteiger charge is -2.06. The fraction of sp³-hybridized carbons (Fsp3) is 0.333. The molecule has 0 aromatic heterocycles. The Balaban J connectivity index is 2.89. The van der Waals surface area contributed by atoms with Crippen LogP contribution in [0.25, 0.3) is 0 Å². The van der Waals surface area contributed by atoms with Crippen molar-refractivity contribution in [3.63, 3.8) is 0 Å². The van der Waals surface area contributed by atoms with E-state index in [9.17, 15) is 14.9 Å². The third-order valence-corrected chi connectivity index (χ3v) is 2.27. The summed E-state index contributed by atoms with van der Waals surface area (Å²) in [6, 6.07) is 5.78. The number of esters is 1. The van der Waals surface area contributed by atoms with Crippen molar-refractivity contribution in [3.05, 3.63) is 33.9 Å². The van der Waals surface area contributed by atoms with Crippen LogP contribution in [0.1, 0.15) is 23.2 Å². The van der Waals surface area contributed by atoms with Crippen LogP contribution in [0.2, 0.25) is 0 Å². The fourth-order valence-electron chi connectivity index (χ4n) is 1.36. The molecular weight excluding hydrogens is 252 g/mol. The highest BCUT2D eigenvalue weighted by atomic mass is 16.6. The third-order valence-electron chi connectivity index (χ3n) is 2.27. The summed E-state index contributed by atoms with van der Waals surface area (Å²) >= 11 is 0. The molecule has 1 rings (SSSR count). The van der Waals surface area contributed by atoms with Crippen LogP contribution in [0.5, 0.6) is 5.75 Å². The molecular formula is C12H12N2O5. The summed E-state index contributed by atoms with van der Waals surface area (Å²) in [6.45, 7) is 0.200. The van der Waals surface area contributed by atoms with Crippen molar-refractivity contribution in [1.29, 1.82) is 5.26 Å². The molecule has 19 heavy (non-hydrogen) atoms. The number of nitro benzene ring substituents is 1. The van der Waals surface area contributed by atoms with E-state index in [0.29, 0.717) is 12.8 Å². The Hall–Kier alpha value is -2.62. The van der Waals surface area contributed by atoms with Gasteiger partial charge in [-0.15, -0.1) is 0 Å². The number of hydrogen-bond acceptors (Lipinski definition) is 6. The van der Waals surface area contributed by atoms with Gasteiger partial charge >= 0.3 is 11.7 Å². The van der Waals surface area contributed by atoms with E-state index in [2.05, 4.69) is 4.74 Å². The van der Waals surface area contributed by atoms with Crippen molar-refractivity contribution in [2.24, 2.45) is 0 Å². The summed E-state index contributed by atoms with van der Waals surface area (Å²) in [6.07, 6.45) is 0.792. The van der Waals surface area contributed by atoms with Gasteiger partial charge in [-0.3, -0.25) is 10.1 Å². The van der Waals surface area contributed by atoms with Crippen LogP contribution in [0.4, 0.5) is 5.69 Å². The summed E-state index contributed by atoms with van der Waals surface area (Å²) < 4.78 is 9.71. The van der Waals surface area contributed by atoms with Gasteiger partial charge in [0.1, 0.15) is 0 Å². The van der Waals surface area contributed by atoms with Crippen LogP contribution in [-0.4, -0.2) is 24.6 Å². The predicted octanol–water partition coefficient (Wildman–Crippen LogP) is 2.06. The number of carbonyl (C=O) groups excluding carboxylic acids is 1. The maximum absolute atomic E-state index is 11.3. The lowest BCUT2D eigenvalue weighted by molar-refractivity contribution is -0.385. The summed E-state index contributed by atoms with van der Waals surface area (Å²) in [5, 5.41) is 19.3. The molecule has 7 heteroatoms. The molecule has 1 aromatic carbocycles. The van der Waals surface area contributed by atoms with Crippen molar-refractivity contribution >= 4 is 11.7 Å². The highest BCUT2D eigenvalue weighted by Gasteiger charge is 2.18. The summed E-state index contributed by atoms with van der Waals surface area (Å²) in [4.78, 5) is 21.5. The van der Waals surface area contributed by atoms with Gasteiger partial charge in [0.05, 0.1) is 30.3 Å². The Labute approximate surface area is 109 Å². The average molecular weight is 264 g/mol. The molecule has 0 aliphatic carbocycles. The molecule has 0 aliphatic rings. The smallest absolute Gasteiger partial charge is 0.338 e. The number of rotatable bonds is 6. The molecule has 0 atom stereocenters. The number of methoxy groups -OCH3 is 1. The van der Waals surface area contributed by atoms with Gasteiger partial charge in [0.15, 0.2) is 5.75 Å². The average Bonchev–Trinajstić information content (AvgIpc) is 2.42. The van der Waals surface area contributed by atoms with E-state index < -0.39 is 10.9 Å². The normalized spacial score (nSPS) is 9.47. The fourth-order valence-corrected chi connectivity index (χ4v) is 1.36. The molecule has 0 unspecified atom stereocenters. The first-order valence-corrected chi connectivity index (χ1v) is 5.46. The number of hydrogen-bond donors (Lipinski definition) is 0. The highest BCUT2D eigenvalue weighted by Crippen LogP contribution is 2.28. The van der Waals surface area contributed by atoms with Crippen LogP contribution >= 0.6 is 0 Å². The van der Waals surface area contributed by atoms with Gasteiger partial charge in [0.2, 0.25) is 0 Å². The largest absolute Gasteiger partial charge is 0.487 e. The van der Waals surface area contributed by atoms with Crippen LogP contribution < -0.4 is 4.74 Å². The maximum Gasteiger partial charge on any atom is 0.338 e. The third kappa shape index (κ3) is 3.96. The second-order valence-corrected chi connectivity index (χ2v) is 3.54. The van der Waals surface area contributed by atoms with Crippen molar-refractivity contribution in [1.82, 2.24) is 0 Å². The molecule has 0 fully saturated rings. The Kier molecular flexibility index (Phi) is 5.29. The van der Waals surface area contributed by atoms with E-state index >= 15 is 0 Å². The van der Waals surface area contributed by atoms with Crippen molar-refractivity contribution in [3.8, 4) is 11.8 Å². The minimum atomic E-state index is -0.654. The lowest BCUT2D eigenvalue weighted by Crippen LogP contribution is -2.05. The SMILES string of the molecule is COC(=O)c1ccc(OCCCC#N)c([N+](=O)[O-])c1. The molecule has 0 bridgehead atoms. The first-order valence-electron chi connectivity index (χ1n) is 5.46.